The lowest BCUT2D eigenvalue weighted by atomic mass is 10.3. The second kappa shape index (κ2) is 6.51. The van der Waals surface area contributed by atoms with Gasteiger partial charge in [-0.15, -0.1) is 11.3 Å². The molecule has 0 bridgehead atoms. The number of carbonyl (C=O) groups excluding carboxylic acids is 1. The smallest absolute Gasteiger partial charge is 0.239 e. The SMILES string of the molecule is CCNC(=O)CN(C)c1nc(NCC)nc2sccc12. The first-order valence-electron chi connectivity index (χ1n) is 6.62. The Hall–Kier alpha value is -1.89. The van der Waals surface area contributed by atoms with Gasteiger partial charge in [-0.3, -0.25) is 4.79 Å². The van der Waals surface area contributed by atoms with Gasteiger partial charge in [-0.2, -0.15) is 4.98 Å². The minimum absolute atomic E-state index is 0.0120. The van der Waals surface area contributed by atoms with Crippen molar-refractivity contribution in [3.63, 3.8) is 0 Å². The molecule has 2 N–H and O–H groups in total. The molecule has 7 heteroatoms. The van der Waals surface area contributed by atoms with E-state index in [-0.39, 0.29) is 12.5 Å². The van der Waals surface area contributed by atoms with Crippen LogP contribution in [0.4, 0.5) is 11.8 Å². The molecule has 108 valence electrons. The van der Waals surface area contributed by atoms with Crippen LogP contribution in [-0.4, -0.2) is 42.6 Å². The highest BCUT2D eigenvalue weighted by atomic mass is 32.1. The number of nitrogens with one attached hydrogen (secondary N) is 2. The third-order valence-electron chi connectivity index (χ3n) is 2.76. The number of hydrogen-bond donors (Lipinski definition) is 2. The van der Waals surface area contributed by atoms with Gasteiger partial charge in [0.1, 0.15) is 10.6 Å². The Morgan fingerprint density at radius 3 is 2.85 bits per heavy atom. The molecule has 20 heavy (non-hydrogen) atoms. The predicted octanol–water partition coefficient (Wildman–Crippen LogP) is 1.70. The van der Waals surface area contributed by atoms with E-state index in [4.69, 9.17) is 0 Å². The molecule has 1 amide bonds. The van der Waals surface area contributed by atoms with Crippen molar-refractivity contribution in [1.82, 2.24) is 15.3 Å². The van der Waals surface area contributed by atoms with E-state index in [2.05, 4.69) is 20.6 Å². The van der Waals surface area contributed by atoms with Crippen LogP contribution < -0.4 is 15.5 Å². The Morgan fingerprint density at radius 2 is 2.15 bits per heavy atom. The number of carbonyl (C=O) groups is 1. The number of thiophene rings is 1. The Labute approximate surface area is 122 Å². The maximum atomic E-state index is 11.7. The van der Waals surface area contributed by atoms with Gasteiger partial charge in [-0.05, 0) is 25.3 Å². The fraction of sp³-hybridized carbons (Fsp3) is 0.462. The number of rotatable bonds is 6. The Kier molecular flexibility index (Phi) is 4.73. The summed E-state index contributed by atoms with van der Waals surface area (Å²) >= 11 is 1.57. The van der Waals surface area contributed by atoms with Crippen molar-refractivity contribution in [3.05, 3.63) is 11.4 Å². The summed E-state index contributed by atoms with van der Waals surface area (Å²) in [6, 6.07) is 1.99. The van der Waals surface area contributed by atoms with Gasteiger partial charge < -0.3 is 15.5 Å². The van der Waals surface area contributed by atoms with Crippen LogP contribution in [0.3, 0.4) is 0 Å². The van der Waals surface area contributed by atoms with E-state index in [0.29, 0.717) is 12.5 Å². The molecule has 0 radical (unpaired) electrons. The lowest BCUT2D eigenvalue weighted by Crippen LogP contribution is -2.35. The molecule has 0 atom stereocenters. The number of anilines is 2. The van der Waals surface area contributed by atoms with E-state index in [9.17, 15) is 4.79 Å². The lowest BCUT2D eigenvalue weighted by molar-refractivity contribution is -0.119. The van der Waals surface area contributed by atoms with Gasteiger partial charge in [-0.25, -0.2) is 4.98 Å². The van der Waals surface area contributed by atoms with Crippen LogP contribution in [0.2, 0.25) is 0 Å². The Morgan fingerprint density at radius 1 is 1.35 bits per heavy atom. The van der Waals surface area contributed by atoms with Gasteiger partial charge in [0.05, 0.1) is 11.9 Å². The van der Waals surface area contributed by atoms with Gasteiger partial charge in [0.15, 0.2) is 0 Å². The predicted molar refractivity (Wildman–Crippen MR) is 83.5 cm³/mol. The van der Waals surface area contributed by atoms with Crippen molar-refractivity contribution >= 4 is 39.2 Å². The lowest BCUT2D eigenvalue weighted by Gasteiger charge is -2.19. The molecular weight excluding hydrogens is 274 g/mol. The van der Waals surface area contributed by atoms with Crippen LogP contribution in [0.1, 0.15) is 13.8 Å². The van der Waals surface area contributed by atoms with E-state index in [1.165, 1.54) is 0 Å². The summed E-state index contributed by atoms with van der Waals surface area (Å²) in [6.07, 6.45) is 0. The van der Waals surface area contributed by atoms with E-state index in [0.717, 1.165) is 22.6 Å². The quantitative estimate of drug-likeness (QED) is 0.848. The molecule has 2 rings (SSSR count). The molecule has 2 aromatic rings. The summed E-state index contributed by atoms with van der Waals surface area (Å²) in [5.41, 5.74) is 0. The van der Waals surface area contributed by atoms with Gasteiger partial charge in [0, 0.05) is 20.1 Å². The second-order valence-electron chi connectivity index (χ2n) is 4.35. The van der Waals surface area contributed by atoms with Crippen LogP contribution in [0.5, 0.6) is 0 Å². The van der Waals surface area contributed by atoms with Crippen LogP contribution in [0.15, 0.2) is 11.4 Å². The molecule has 0 aromatic carbocycles. The van der Waals surface area contributed by atoms with Crippen molar-refractivity contribution in [2.24, 2.45) is 0 Å². The average molecular weight is 293 g/mol. The highest BCUT2D eigenvalue weighted by Gasteiger charge is 2.14. The minimum atomic E-state index is -0.0120. The zero-order valence-electron chi connectivity index (χ0n) is 11.9. The number of amides is 1. The Balaban J connectivity index is 2.30. The van der Waals surface area contributed by atoms with Crippen molar-refractivity contribution in [2.45, 2.75) is 13.8 Å². The van der Waals surface area contributed by atoms with Crippen molar-refractivity contribution in [1.29, 1.82) is 0 Å². The molecule has 0 aliphatic heterocycles. The summed E-state index contributed by atoms with van der Waals surface area (Å²) in [4.78, 5) is 23.4. The fourth-order valence-corrected chi connectivity index (χ4v) is 2.67. The standard InChI is InChI=1S/C13H19N5OS/c1-4-14-10(19)8-18(3)11-9-6-7-20-12(9)17-13(16-11)15-5-2/h6-7H,4-5,8H2,1-3H3,(H,14,19)(H,15,16,17). The fourth-order valence-electron chi connectivity index (χ4n) is 1.91. The molecule has 2 heterocycles. The number of hydrogen-bond acceptors (Lipinski definition) is 6. The molecule has 0 saturated heterocycles. The van der Waals surface area contributed by atoms with Crippen molar-refractivity contribution in [2.75, 3.05) is 36.9 Å². The van der Waals surface area contributed by atoms with Crippen LogP contribution >= 0.6 is 11.3 Å². The highest BCUT2D eigenvalue weighted by Crippen LogP contribution is 2.28. The van der Waals surface area contributed by atoms with Gasteiger partial charge in [0.25, 0.3) is 0 Å². The summed E-state index contributed by atoms with van der Waals surface area (Å²) in [5, 5.41) is 8.87. The molecule has 6 nitrogen and oxygen atoms in total. The van der Waals surface area contributed by atoms with Crippen molar-refractivity contribution < 1.29 is 4.79 Å². The number of nitrogens with zero attached hydrogens (tertiary/aromatic N) is 3. The summed E-state index contributed by atoms with van der Waals surface area (Å²) < 4.78 is 0. The van der Waals surface area contributed by atoms with Gasteiger partial charge in [-0.1, -0.05) is 0 Å². The normalized spacial score (nSPS) is 10.6. The molecule has 0 unspecified atom stereocenters. The number of likely N-dealkylation sites (N-methyl/N-ethyl adjacent to an activating group) is 2. The van der Waals surface area contributed by atoms with Crippen molar-refractivity contribution in [3.8, 4) is 0 Å². The van der Waals surface area contributed by atoms with E-state index in [1.807, 2.05) is 37.2 Å². The molecular formula is C13H19N5OS. The second-order valence-corrected chi connectivity index (χ2v) is 5.24. The summed E-state index contributed by atoms with van der Waals surface area (Å²) in [6.45, 7) is 5.58. The monoisotopic (exact) mass is 293 g/mol. The van der Waals surface area contributed by atoms with E-state index < -0.39 is 0 Å². The topological polar surface area (TPSA) is 70.2 Å². The summed E-state index contributed by atoms with van der Waals surface area (Å²) in [7, 11) is 1.87. The van der Waals surface area contributed by atoms with Gasteiger partial charge >= 0.3 is 0 Å². The molecule has 0 fully saturated rings. The largest absolute Gasteiger partial charge is 0.355 e. The number of fused-ring (bicyclic) bond motifs is 1. The van der Waals surface area contributed by atoms with Crippen LogP contribution in [0.25, 0.3) is 10.2 Å². The zero-order chi connectivity index (χ0) is 14.5. The summed E-state index contributed by atoms with van der Waals surface area (Å²) in [5.74, 6) is 1.36. The first kappa shape index (κ1) is 14.5. The average Bonchev–Trinajstić information content (AvgIpc) is 2.86. The van der Waals surface area contributed by atoms with Crippen LogP contribution in [0, 0.1) is 0 Å². The highest BCUT2D eigenvalue weighted by molar-refractivity contribution is 7.16. The third kappa shape index (κ3) is 3.16. The first-order valence-corrected chi connectivity index (χ1v) is 7.50. The zero-order valence-corrected chi connectivity index (χ0v) is 12.8. The van der Waals surface area contributed by atoms with E-state index in [1.54, 1.807) is 11.3 Å². The molecule has 0 aliphatic rings. The number of aromatic nitrogens is 2. The molecule has 2 aromatic heterocycles. The maximum absolute atomic E-state index is 11.7. The van der Waals surface area contributed by atoms with Crippen LogP contribution in [-0.2, 0) is 4.79 Å². The van der Waals surface area contributed by atoms with E-state index >= 15 is 0 Å². The molecule has 0 aliphatic carbocycles. The van der Waals surface area contributed by atoms with Gasteiger partial charge in [0.2, 0.25) is 11.9 Å². The minimum Gasteiger partial charge on any atom is -0.355 e. The first-order chi connectivity index (χ1) is 9.65. The third-order valence-corrected chi connectivity index (χ3v) is 3.56. The molecule has 0 spiro atoms. The molecule has 0 saturated carbocycles. The maximum Gasteiger partial charge on any atom is 0.239 e. The Bertz CT molecular complexity index is 597.